The number of allylic oxidation sites excluding steroid dienone is 1. The number of benzene rings is 1. The van der Waals surface area contributed by atoms with Gasteiger partial charge in [0.05, 0.1) is 21.5 Å². The van der Waals surface area contributed by atoms with Crippen LogP contribution in [0.4, 0.5) is 5.69 Å². The van der Waals surface area contributed by atoms with Gasteiger partial charge in [-0.15, -0.1) is 0 Å². The zero-order valence-electron chi connectivity index (χ0n) is 19.9. The van der Waals surface area contributed by atoms with Crippen LogP contribution >= 0.6 is 11.3 Å². The number of thiazole rings is 1. The van der Waals surface area contributed by atoms with Crippen molar-refractivity contribution >= 4 is 29.0 Å². The predicted octanol–water partition coefficient (Wildman–Crippen LogP) is 3.30. The van der Waals surface area contributed by atoms with E-state index in [2.05, 4.69) is 15.4 Å². The molecule has 8 nitrogen and oxygen atoms in total. The first-order chi connectivity index (χ1) is 16.9. The normalized spacial score (nSPS) is 15.8. The third-order valence-electron chi connectivity index (χ3n) is 5.92. The number of para-hydroxylation sites is 1. The highest BCUT2D eigenvalue weighted by Gasteiger charge is 2.34. The molecule has 1 aliphatic heterocycles. The number of nitrogens with zero attached hydrogens (tertiary/aromatic N) is 4. The third-order valence-corrected chi connectivity index (χ3v) is 6.91. The Balaban J connectivity index is 1.67. The quantitative estimate of drug-likeness (QED) is 0.467. The Morgan fingerprint density at radius 3 is 2.60 bits per heavy atom. The van der Waals surface area contributed by atoms with Gasteiger partial charge in [-0.25, -0.2) is 4.99 Å². The minimum Gasteiger partial charge on any atom is -0.464 e. The monoisotopic (exact) mass is 487 g/mol. The van der Waals surface area contributed by atoms with Crippen molar-refractivity contribution in [2.45, 2.75) is 40.3 Å². The van der Waals surface area contributed by atoms with Crippen molar-refractivity contribution in [1.82, 2.24) is 14.3 Å². The SMILES string of the molecule is CCn1cc(/C=c2/sc3n(c2=O)[C@H](c2ccc(C)o2)C(C(=O)Nc2ccccc2)=C(C)N=3)c(C)n1. The summed E-state index contributed by atoms with van der Waals surface area (Å²) >= 11 is 1.29. The summed E-state index contributed by atoms with van der Waals surface area (Å²) in [7, 11) is 0. The Morgan fingerprint density at radius 2 is 1.94 bits per heavy atom. The number of rotatable bonds is 5. The summed E-state index contributed by atoms with van der Waals surface area (Å²) < 4.78 is 9.86. The molecule has 1 N–H and O–H groups in total. The Kier molecular flexibility index (Phi) is 5.86. The number of carbonyl (C=O) groups is 1. The lowest BCUT2D eigenvalue weighted by atomic mass is 10.00. The summed E-state index contributed by atoms with van der Waals surface area (Å²) in [4.78, 5) is 32.3. The van der Waals surface area contributed by atoms with E-state index in [1.807, 2.05) is 74.1 Å². The van der Waals surface area contributed by atoms with E-state index in [-0.39, 0.29) is 11.5 Å². The molecule has 0 spiro atoms. The topological polar surface area (TPSA) is 94.4 Å². The minimum absolute atomic E-state index is 0.228. The molecule has 178 valence electrons. The first-order valence-corrected chi connectivity index (χ1v) is 12.2. The summed E-state index contributed by atoms with van der Waals surface area (Å²) in [5.74, 6) is 0.880. The smallest absolute Gasteiger partial charge is 0.271 e. The fraction of sp³-hybridized carbons (Fsp3) is 0.231. The van der Waals surface area contributed by atoms with Gasteiger partial charge in [-0.2, -0.15) is 5.10 Å². The molecular weight excluding hydrogens is 462 g/mol. The molecule has 0 radical (unpaired) electrons. The average molecular weight is 488 g/mol. The van der Waals surface area contributed by atoms with Gasteiger partial charge in [0.25, 0.3) is 11.5 Å². The van der Waals surface area contributed by atoms with Gasteiger partial charge in [-0.05, 0) is 58.0 Å². The van der Waals surface area contributed by atoms with Crippen molar-refractivity contribution in [2.24, 2.45) is 4.99 Å². The average Bonchev–Trinajstić information content (AvgIpc) is 3.51. The zero-order chi connectivity index (χ0) is 24.7. The number of hydrogen-bond acceptors (Lipinski definition) is 6. The highest BCUT2D eigenvalue weighted by atomic mass is 32.1. The highest BCUT2D eigenvalue weighted by molar-refractivity contribution is 7.07. The van der Waals surface area contributed by atoms with Gasteiger partial charge >= 0.3 is 0 Å². The van der Waals surface area contributed by atoms with E-state index in [1.165, 1.54) is 11.3 Å². The van der Waals surface area contributed by atoms with E-state index in [0.717, 1.165) is 17.8 Å². The van der Waals surface area contributed by atoms with Gasteiger partial charge in [0.1, 0.15) is 17.6 Å². The van der Waals surface area contributed by atoms with Crippen molar-refractivity contribution in [1.29, 1.82) is 0 Å². The molecule has 5 rings (SSSR count). The number of carbonyl (C=O) groups excluding carboxylic acids is 1. The Hall–Kier alpha value is -3.98. The second kappa shape index (κ2) is 8.99. The van der Waals surface area contributed by atoms with Crippen LogP contribution in [0.1, 0.15) is 42.7 Å². The van der Waals surface area contributed by atoms with Crippen LogP contribution in [0.25, 0.3) is 6.08 Å². The maximum Gasteiger partial charge on any atom is 0.271 e. The summed E-state index contributed by atoms with van der Waals surface area (Å²) in [5, 5.41) is 7.40. The molecule has 1 amide bonds. The molecule has 1 aromatic carbocycles. The van der Waals surface area contributed by atoms with Gasteiger partial charge in [0, 0.05) is 24.0 Å². The van der Waals surface area contributed by atoms with Gasteiger partial charge in [0.2, 0.25) is 0 Å². The molecule has 0 unspecified atom stereocenters. The van der Waals surface area contributed by atoms with Crippen LogP contribution in [0.3, 0.4) is 0 Å². The Morgan fingerprint density at radius 1 is 1.17 bits per heavy atom. The molecule has 4 aromatic rings. The Labute approximate surface area is 205 Å². The van der Waals surface area contributed by atoms with E-state index in [9.17, 15) is 9.59 Å². The number of aromatic nitrogens is 3. The number of aryl methyl sites for hydroxylation is 3. The number of fused-ring (bicyclic) bond motifs is 1. The third kappa shape index (κ3) is 4.19. The van der Waals surface area contributed by atoms with Crippen LogP contribution in [0, 0.1) is 13.8 Å². The maximum atomic E-state index is 13.7. The number of nitrogens with one attached hydrogen (secondary N) is 1. The van der Waals surface area contributed by atoms with Crippen molar-refractivity contribution < 1.29 is 9.21 Å². The molecule has 1 atom stereocenters. The van der Waals surface area contributed by atoms with E-state index in [0.29, 0.717) is 37.8 Å². The van der Waals surface area contributed by atoms with E-state index >= 15 is 0 Å². The van der Waals surface area contributed by atoms with Crippen molar-refractivity contribution in [3.63, 3.8) is 0 Å². The van der Waals surface area contributed by atoms with Crippen LogP contribution < -0.4 is 20.2 Å². The van der Waals surface area contributed by atoms with Crippen molar-refractivity contribution in [2.75, 3.05) is 5.32 Å². The lowest BCUT2D eigenvalue weighted by Crippen LogP contribution is -2.40. The fourth-order valence-electron chi connectivity index (χ4n) is 4.18. The molecule has 0 bridgehead atoms. The molecular formula is C26H25N5O3S. The largest absolute Gasteiger partial charge is 0.464 e. The van der Waals surface area contributed by atoms with Crippen LogP contribution in [-0.2, 0) is 11.3 Å². The fourth-order valence-corrected chi connectivity index (χ4v) is 5.22. The molecule has 9 heteroatoms. The molecule has 3 aromatic heterocycles. The van der Waals surface area contributed by atoms with E-state index in [1.54, 1.807) is 17.6 Å². The predicted molar refractivity (Wildman–Crippen MR) is 135 cm³/mol. The lowest BCUT2D eigenvalue weighted by molar-refractivity contribution is -0.113. The van der Waals surface area contributed by atoms with Gasteiger partial charge in [0.15, 0.2) is 4.80 Å². The highest BCUT2D eigenvalue weighted by Crippen LogP contribution is 2.31. The van der Waals surface area contributed by atoms with Crippen LogP contribution in [-0.4, -0.2) is 20.3 Å². The first-order valence-electron chi connectivity index (χ1n) is 11.3. The van der Waals surface area contributed by atoms with E-state index in [4.69, 9.17) is 4.42 Å². The van der Waals surface area contributed by atoms with Crippen molar-refractivity contribution in [3.05, 3.63) is 102 Å². The molecule has 35 heavy (non-hydrogen) atoms. The number of amides is 1. The summed E-state index contributed by atoms with van der Waals surface area (Å²) in [5.41, 5.74) is 3.06. The van der Waals surface area contributed by atoms with Crippen LogP contribution in [0.2, 0.25) is 0 Å². The Bertz CT molecular complexity index is 1640. The second-order valence-electron chi connectivity index (χ2n) is 8.38. The van der Waals surface area contributed by atoms with Crippen LogP contribution in [0.5, 0.6) is 0 Å². The standard InChI is InChI=1S/C26H25N5O3S/c1-5-30-14-18(16(3)29-30)13-21-25(33)31-23(20-12-11-15(2)34-20)22(17(4)27-26(31)35-21)24(32)28-19-9-7-6-8-10-19/h6-14,23H,5H2,1-4H3,(H,28,32)/b21-13+/t23-/m1/s1. The molecule has 0 saturated carbocycles. The van der Waals surface area contributed by atoms with Crippen LogP contribution in [0.15, 0.2) is 74.1 Å². The molecule has 0 fully saturated rings. The first kappa shape index (κ1) is 22.8. The van der Waals surface area contributed by atoms with Gasteiger partial charge < -0.3 is 9.73 Å². The minimum atomic E-state index is -0.731. The van der Waals surface area contributed by atoms with E-state index < -0.39 is 6.04 Å². The molecule has 1 aliphatic rings. The zero-order valence-corrected chi connectivity index (χ0v) is 20.7. The number of hydrogen-bond donors (Lipinski definition) is 1. The number of furan rings is 1. The molecule has 4 heterocycles. The van der Waals surface area contributed by atoms with Gasteiger partial charge in [-0.3, -0.25) is 18.8 Å². The summed E-state index contributed by atoms with van der Waals surface area (Å²) in [6, 6.07) is 12.1. The lowest BCUT2D eigenvalue weighted by Gasteiger charge is -2.23. The summed E-state index contributed by atoms with van der Waals surface area (Å²) in [6.45, 7) is 8.30. The molecule has 0 saturated heterocycles. The maximum absolute atomic E-state index is 13.7. The van der Waals surface area contributed by atoms with Gasteiger partial charge in [-0.1, -0.05) is 29.5 Å². The molecule has 0 aliphatic carbocycles. The van der Waals surface area contributed by atoms with Crippen molar-refractivity contribution in [3.8, 4) is 0 Å². The number of anilines is 1. The second-order valence-corrected chi connectivity index (χ2v) is 9.39. The summed E-state index contributed by atoms with van der Waals surface area (Å²) in [6.07, 6.45) is 3.76.